The predicted octanol–water partition coefficient (Wildman–Crippen LogP) is 4.13. The second-order valence-corrected chi connectivity index (χ2v) is 6.62. The van der Waals surface area contributed by atoms with Crippen LogP contribution in [0.5, 0.6) is 0 Å². The van der Waals surface area contributed by atoms with Crippen LogP contribution in [-0.2, 0) is 6.54 Å². The highest BCUT2D eigenvalue weighted by Gasteiger charge is 2.34. The summed E-state index contributed by atoms with van der Waals surface area (Å²) in [5.41, 5.74) is 1.83. The van der Waals surface area contributed by atoms with E-state index in [-0.39, 0.29) is 18.5 Å². The Morgan fingerprint density at radius 1 is 1.44 bits per heavy atom. The summed E-state index contributed by atoms with van der Waals surface area (Å²) >= 11 is 6.12. The first-order valence-corrected chi connectivity index (χ1v) is 8.38. The van der Waals surface area contributed by atoms with Gasteiger partial charge in [0.05, 0.1) is 23.2 Å². The summed E-state index contributed by atoms with van der Waals surface area (Å²) in [5.74, 6) is -0.605. The number of amides is 1. The molecule has 1 saturated carbocycles. The van der Waals surface area contributed by atoms with Gasteiger partial charge in [0, 0.05) is 22.8 Å². The van der Waals surface area contributed by atoms with Crippen LogP contribution in [0.15, 0.2) is 35.0 Å². The minimum Gasteiger partial charge on any atom is -0.336 e. The van der Waals surface area contributed by atoms with Crippen LogP contribution in [-0.4, -0.2) is 27.0 Å². The lowest BCUT2D eigenvalue weighted by atomic mass is 10.1. The minimum absolute atomic E-state index is 0.0995. The summed E-state index contributed by atoms with van der Waals surface area (Å²) in [4.78, 5) is 18.8. The van der Waals surface area contributed by atoms with Crippen molar-refractivity contribution in [3.63, 3.8) is 0 Å². The molecule has 3 aromatic rings. The smallest absolute Gasteiger partial charge is 0.257 e. The van der Waals surface area contributed by atoms with Crippen molar-refractivity contribution in [3.8, 4) is 0 Å². The van der Waals surface area contributed by atoms with E-state index in [0.29, 0.717) is 32.9 Å². The van der Waals surface area contributed by atoms with Crippen LogP contribution in [0.3, 0.4) is 0 Å². The van der Waals surface area contributed by atoms with Crippen LogP contribution in [0, 0.1) is 12.7 Å². The van der Waals surface area contributed by atoms with Crippen molar-refractivity contribution in [2.45, 2.75) is 32.4 Å². The molecule has 1 aromatic carbocycles. The Kier molecular flexibility index (Phi) is 3.92. The van der Waals surface area contributed by atoms with Crippen molar-refractivity contribution in [2.24, 2.45) is 0 Å². The molecule has 0 atom stereocenters. The monoisotopic (exact) mass is 359 g/mol. The van der Waals surface area contributed by atoms with E-state index >= 15 is 0 Å². The molecule has 25 heavy (non-hydrogen) atoms. The summed E-state index contributed by atoms with van der Waals surface area (Å²) in [6.45, 7) is 1.93. The van der Waals surface area contributed by atoms with Gasteiger partial charge in [0.2, 0.25) is 0 Å². The van der Waals surface area contributed by atoms with Crippen molar-refractivity contribution < 1.29 is 13.7 Å². The SMILES string of the molecule is Cc1noc2ncc(C(=O)N(Cc3c(F)cccc3Cl)C3CC3)cc12. The standard InChI is InChI=1S/C18H15ClFN3O2/c1-10-13-7-11(8-21-17(13)25-22-10)18(24)23(12-5-6-12)9-14-15(19)3-2-4-16(14)20/h2-4,7-8,12H,5-6,9H2,1H3. The predicted molar refractivity (Wildman–Crippen MR) is 90.8 cm³/mol. The fraction of sp³-hybridized carbons (Fsp3) is 0.278. The van der Waals surface area contributed by atoms with Gasteiger partial charge in [0.25, 0.3) is 11.6 Å². The molecule has 1 aliphatic rings. The second-order valence-electron chi connectivity index (χ2n) is 6.21. The van der Waals surface area contributed by atoms with Gasteiger partial charge in [0.1, 0.15) is 5.82 Å². The third-order valence-electron chi connectivity index (χ3n) is 4.40. The number of carbonyl (C=O) groups is 1. The lowest BCUT2D eigenvalue weighted by Crippen LogP contribution is -2.33. The molecule has 0 N–H and O–H groups in total. The van der Waals surface area contributed by atoms with Gasteiger partial charge in [-0.1, -0.05) is 22.8 Å². The molecule has 0 saturated heterocycles. The molecule has 4 rings (SSSR count). The van der Waals surface area contributed by atoms with Gasteiger partial charge in [-0.25, -0.2) is 9.37 Å². The molecule has 1 aliphatic carbocycles. The lowest BCUT2D eigenvalue weighted by Gasteiger charge is -2.23. The Bertz CT molecular complexity index is 948. The largest absolute Gasteiger partial charge is 0.336 e. The van der Waals surface area contributed by atoms with Crippen molar-refractivity contribution in [1.82, 2.24) is 15.0 Å². The molecule has 128 valence electrons. The highest BCUT2D eigenvalue weighted by molar-refractivity contribution is 6.31. The number of benzene rings is 1. The molecule has 0 spiro atoms. The fourth-order valence-electron chi connectivity index (χ4n) is 2.83. The molecule has 2 heterocycles. The Morgan fingerprint density at radius 2 is 2.24 bits per heavy atom. The van der Waals surface area contributed by atoms with E-state index in [1.165, 1.54) is 12.3 Å². The zero-order valence-electron chi connectivity index (χ0n) is 13.5. The quantitative estimate of drug-likeness (QED) is 0.702. The third kappa shape index (κ3) is 2.98. The maximum Gasteiger partial charge on any atom is 0.257 e. The van der Waals surface area contributed by atoms with Crippen molar-refractivity contribution in [1.29, 1.82) is 0 Å². The Hall–Kier alpha value is -2.47. The van der Waals surface area contributed by atoms with Crippen LogP contribution >= 0.6 is 11.6 Å². The topological polar surface area (TPSA) is 59.2 Å². The number of pyridine rings is 1. The first kappa shape index (κ1) is 16.0. The van der Waals surface area contributed by atoms with Gasteiger partial charge in [-0.2, -0.15) is 0 Å². The minimum atomic E-state index is -0.408. The number of nitrogens with zero attached hydrogens (tertiary/aromatic N) is 3. The van der Waals surface area contributed by atoms with Crippen LogP contribution in [0.1, 0.15) is 34.5 Å². The Morgan fingerprint density at radius 3 is 2.96 bits per heavy atom. The number of fused-ring (bicyclic) bond motifs is 1. The lowest BCUT2D eigenvalue weighted by molar-refractivity contribution is 0.0728. The molecule has 0 aliphatic heterocycles. The van der Waals surface area contributed by atoms with Crippen LogP contribution in [0.25, 0.3) is 11.1 Å². The normalized spacial score (nSPS) is 14.0. The average molecular weight is 360 g/mol. The number of aryl methyl sites for hydroxylation is 1. The molecular formula is C18H15ClFN3O2. The van der Waals surface area contributed by atoms with Gasteiger partial charge in [-0.15, -0.1) is 0 Å². The van der Waals surface area contributed by atoms with E-state index in [0.717, 1.165) is 12.8 Å². The van der Waals surface area contributed by atoms with Crippen molar-refractivity contribution in [2.75, 3.05) is 0 Å². The number of rotatable bonds is 4. The molecule has 1 fully saturated rings. The van der Waals surface area contributed by atoms with E-state index in [1.807, 2.05) is 0 Å². The number of aromatic nitrogens is 2. The van der Waals surface area contributed by atoms with E-state index in [9.17, 15) is 9.18 Å². The first-order valence-electron chi connectivity index (χ1n) is 8.00. The van der Waals surface area contributed by atoms with Crippen molar-refractivity contribution >= 4 is 28.6 Å². The molecule has 1 amide bonds. The second kappa shape index (κ2) is 6.11. The maximum atomic E-state index is 14.1. The van der Waals surface area contributed by atoms with Gasteiger partial charge in [0.15, 0.2) is 0 Å². The summed E-state index contributed by atoms with van der Waals surface area (Å²) in [6, 6.07) is 6.35. The molecule has 7 heteroatoms. The van der Waals surface area contributed by atoms with E-state index in [4.69, 9.17) is 16.1 Å². The average Bonchev–Trinajstić information content (AvgIpc) is 3.37. The molecule has 0 bridgehead atoms. The number of hydrogen-bond donors (Lipinski definition) is 0. The molecule has 5 nitrogen and oxygen atoms in total. The van der Waals surface area contributed by atoms with Crippen LogP contribution in [0.2, 0.25) is 5.02 Å². The van der Waals surface area contributed by atoms with E-state index in [2.05, 4.69) is 10.1 Å². The Labute approximate surface area is 148 Å². The summed E-state index contributed by atoms with van der Waals surface area (Å²) in [7, 11) is 0. The fourth-order valence-corrected chi connectivity index (χ4v) is 3.06. The van der Waals surface area contributed by atoms with Gasteiger partial charge in [-0.05, 0) is 38.0 Å². The molecule has 2 aromatic heterocycles. The molecule has 0 radical (unpaired) electrons. The van der Waals surface area contributed by atoms with Gasteiger partial charge < -0.3 is 9.42 Å². The number of halogens is 2. The van der Waals surface area contributed by atoms with E-state index < -0.39 is 5.82 Å². The zero-order chi connectivity index (χ0) is 17.6. The van der Waals surface area contributed by atoms with Crippen LogP contribution in [0.4, 0.5) is 4.39 Å². The highest BCUT2D eigenvalue weighted by Crippen LogP contribution is 2.32. The summed E-state index contributed by atoms with van der Waals surface area (Å²) in [6.07, 6.45) is 3.27. The zero-order valence-corrected chi connectivity index (χ0v) is 14.3. The van der Waals surface area contributed by atoms with Gasteiger partial charge in [-0.3, -0.25) is 4.79 Å². The summed E-state index contributed by atoms with van der Waals surface area (Å²) in [5, 5.41) is 4.87. The van der Waals surface area contributed by atoms with Crippen molar-refractivity contribution in [3.05, 3.63) is 58.1 Å². The Balaban J connectivity index is 1.68. The van der Waals surface area contributed by atoms with Gasteiger partial charge >= 0.3 is 0 Å². The highest BCUT2D eigenvalue weighted by atomic mass is 35.5. The number of hydrogen-bond acceptors (Lipinski definition) is 4. The summed E-state index contributed by atoms with van der Waals surface area (Å²) < 4.78 is 19.2. The first-order chi connectivity index (χ1) is 12.0. The van der Waals surface area contributed by atoms with Crippen LogP contribution < -0.4 is 0 Å². The third-order valence-corrected chi connectivity index (χ3v) is 4.75. The molecule has 0 unspecified atom stereocenters. The number of carbonyl (C=O) groups excluding carboxylic acids is 1. The molecular weight excluding hydrogens is 345 g/mol. The van der Waals surface area contributed by atoms with E-state index in [1.54, 1.807) is 30.0 Å². The maximum absolute atomic E-state index is 14.1.